The van der Waals surface area contributed by atoms with Crippen molar-refractivity contribution in [2.24, 2.45) is 0 Å². The van der Waals surface area contributed by atoms with Gasteiger partial charge in [0.1, 0.15) is 5.82 Å². The number of halogens is 4. The fraction of sp³-hybridized carbons (Fsp3) is 0.409. The van der Waals surface area contributed by atoms with Crippen molar-refractivity contribution in [3.63, 3.8) is 0 Å². The monoisotopic (exact) mass is 422 g/mol. The lowest BCUT2D eigenvalue weighted by atomic mass is 10.1. The van der Waals surface area contributed by atoms with Gasteiger partial charge >= 0.3 is 6.18 Å². The maximum atomic E-state index is 14.2. The normalized spacial score (nSPS) is 22.8. The van der Waals surface area contributed by atoms with Gasteiger partial charge in [0.15, 0.2) is 0 Å². The van der Waals surface area contributed by atoms with Crippen molar-refractivity contribution in [2.45, 2.75) is 37.8 Å². The molecule has 0 bridgehead atoms. The Hall–Kier alpha value is -2.45. The fourth-order valence-electron chi connectivity index (χ4n) is 4.15. The number of hydrogen-bond acceptors (Lipinski definition) is 3. The summed E-state index contributed by atoms with van der Waals surface area (Å²) in [4.78, 5) is 16.3. The van der Waals surface area contributed by atoms with E-state index >= 15 is 0 Å². The third-order valence-electron chi connectivity index (χ3n) is 5.64. The molecule has 1 amide bonds. The summed E-state index contributed by atoms with van der Waals surface area (Å²) in [5.41, 5.74) is 0.112. The first kappa shape index (κ1) is 20.8. The molecular weight excluding hydrogens is 400 g/mol. The number of rotatable bonds is 4. The van der Waals surface area contributed by atoms with E-state index in [1.165, 1.54) is 0 Å². The minimum Gasteiger partial charge on any atom is -0.374 e. The molecule has 2 aliphatic heterocycles. The Bertz CT molecular complexity index is 904. The van der Waals surface area contributed by atoms with Gasteiger partial charge in [-0.15, -0.1) is 0 Å². The number of nitrogens with zero attached hydrogens (tertiary/aromatic N) is 2. The second-order valence-electron chi connectivity index (χ2n) is 7.73. The van der Waals surface area contributed by atoms with E-state index in [0.717, 1.165) is 23.8 Å². The molecule has 0 aromatic heterocycles. The van der Waals surface area contributed by atoms with E-state index < -0.39 is 17.6 Å². The van der Waals surface area contributed by atoms with Gasteiger partial charge in [-0.3, -0.25) is 9.69 Å². The summed E-state index contributed by atoms with van der Waals surface area (Å²) in [6.07, 6.45) is -4.49. The first-order valence-corrected chi connectivity index (χ1v) is 9.84. The van der Waals surface area contributed by atoms with Crippen molar-refractivity contribution in [1.82, 2.24) is 9.80 Å². The summed E-state index contributed by atoms with van der Waals surface area (Å²) in [7, 11) is 0. The van der Waals surface area contributed by atoms with Crippen LogP contribution in [0, 0.1) is 5.82 Å². The molecular formula is C22H22F4N2O2. The van der Waals surface area contributed by atoms with Gasteiger partial charge in [0.25, 0.3) is 0 Å². The smallest absolute Gasteiger partial charge is 0.374 e. The SMILES string of the molecule is O=C1CCO[C@H]2CN(Cc3cc(C(F)(F)F)ccc3F)C[C@@H]2N1Cc1ccccc1. The van der Waals surface area contributed by atoms with Crippen LogP contribution in [0.2, 0.25) is 0 Å². The number of fused-ring (bicyclic) bond motifs is 1. The fourth-order valence-corrected chi connectivity index (χ4v) is 4.15. The van der Waals surface area contributed by atoms with Crippen LogP contribution in [0.5, 0.6) is 0 Å². The summed E-state index contributed by atoms with van der Waals surface area (Å²) in [5.74, 6) is -0.688. The summed E-state index contributed by atoms with van der Waals surface area (Å²) >= 11 is 0. The molecule has 4 nitrogen and oxygen atoms in total. The largest absolute Gasteiger partial charge is 0.416 e. The van der Waals surface area contributed by atoms with Crippen LogP contribution >= 0.6 is 0 Å². The first-order valence-electron chi connectivity index (χ1n) is 9.84. The molecule has 2 aromatic carbocycles. The van der Waals surface area contributed by atoms with Crippen molar-refractivity contribution in [3.8, 4) is 0 Å². The van der Waals surface area contributed by atoms with Gasteiger partial charge < -0.3 is 9.64 Å². The number of hydrogen-bond donors (Lipinski definition) is 0. The highest BCUT2D eigenvalue weighted by atomic mass is 19.4. The van der Waals surface area contributed by atoms with Gasteiger partial charge in [0.05, 0.1) is 30.7 Å². The quantitative estimate of drug-likeness (QED) is 0.702. The minimum atomic E-state index is -4.53. The molecule has 2 aliphatic rings. The maximum Gasteiger partial charge on any atom is 0.416 e. The second-order valence-corrected chi connectivity index (χ2v) is 7.73. The molecule has 0 spiro atoms. The first-order chi connectivity index (χ1) is 14.3. The van der Waals surface area contributed by atoms with Crippen LogP contribution in [0.3, 0.4) is 0 Å². The van der Waals surface area contributed by atoms with Gasteiger partial charge in [-0.2, -0.15) is 13.2 Å². The molecule has 0 unspecified atom stereocenters. The highest BCUT2D eigenvalue weighted by molar-refractivity contribution is 5.77. The van der Waals surface area contributed by atoms with Crippen LogP contribution in [0.4, 0.5) is 17.6 Å². The lowest BCUT2D eigenvalue weighted by molar-refractivity contribution is -0.137. The van der Waals surface area contributed by atoms with Gasteiger partial charge in [-0.05, 0) is 23.8 Å². The molecule has 2 fully saturated rings. The van der Waals surface area contributed by atoms with Crippen molar-refractivity contribution >= 4 is 5.91 Å². The second kappa shape index (κ2) is 8.35. The molecule has 0 N–H and O–H groups in total. The number of carbonyl (C=O) groups is 1. The zero-order valence-corrected chi connectivity index (χ0v) is 16.2. The zero-order valence-electron chi connectivity index (χ0n) is 16.2. The predicted octanol–water partition coefficient (Wildman–Crippen LogP) is 3.85. The third-order valence-corrected chi connectivity index (χ3v) is 5.64. The van der Waals surface area contributed by atoms with Gasteiger partial charge in [-0.1, -0.05) is 30.3 Å². The van der Waals surface area contributed by atoms with Crippen LogP contribution in [-0.4, -0.2) is 47.5 Å². The number of carbonyl (C=O) groups excluding carboxylic acids is 1. The molecule has 2 saturated heterocycles. The van der Waals surface area contributed by atoms with Crippen LogP contribution in [0.25, 0.3) is 0 Å². The zero-order chi connectivity index (χ0) is 21.3. The van der Waals surface area contributed by atoms with E-state index in [1.807, 2.05) is 35.2 Å². The molecule has 160 valence electrons. The lowest BCUT2D eigenvalue weighted by Crippen LogP contribution is -2.45. The number of benzene rings is 2. The maximum absolute atomic E-state index is 14.2. The summed E-state index contributed by atoms with van der Waals surface area (Å²) in [5, 5.41) is 0. The summed E-state index contributed by atoms with van der Waals surface area (Å²) in [6, 6.07) is 11.8. The molecule has 4 rings (SSSR count). The van der Waals surface area contributed by atoms with Crippen molar-refractivity contribution in [3.05, 3.63) is 71.0 Å². The van der Waals surface area contributed by atoms with E-state index in [-0.39, 0.29) is 30.2 Å². The number of likely N-dealkylation sites (tertiary alicyclic amines) is 1. The number of ether oxygens (including phenoxy) is 1. The summed E-state index contributed by atoms with van der Waals surface area (Å²) < 4.78 is 59.0. The van der Waals surface area contributed by atoms with E-state index in [9.17, 15) is 22.4 Å². The topological polar surface area (TPSA) is 32.8 Å². The molecule has 2 heterocycles. The van der Waals surface area contributed by atoms with Crippen LogP contribution in [0.15, 0.2) is 48.5 Å². The molecule has 2 atom stereocenters. The minimum absolute atomic E-state index is 0.0118. The molecule has 8 heteroatoms. The van der Waals surface area contributed by atoms with E-state index in [0.29, 0.717) is 32.7 Å². The highest BCUT2D eigenvalue weighted by Crippen LogP contribution is 2.32. The van der Waals surface area contributed by atoms with E-state index in [2.05, 4.69) is 0 Å². The Morgan fingerprint density at radius 1 is 1.03 bits per heavy atom. The molecule has 2 aromatic rings. The predicted molar refractivity (Wildman–Crippen MR) is 102 cm³/mol. The van der Waals surface area contributed by atoms with Gasteiger partial charge in [0, 0.05) is 31.7 Å². The highest BCUT2D eigenvalue weighted by Gasteiger charge is 2.41. The van der Waals surface area contributed by atoms with Gasteiger partial charge in [0.2, 0.25) is 5.91 Å². The Morgan fingerprint density at radius 3 is 2.53 bits per heavy atom. The van der Waals surface area contributed by atoms with Crippen LogP contribution in [-0.2, 0) is 28.8 Å². The molecule has 30 heavy (non-hydrogen) atoms. The number of amides is 1. The Balaban J connectivity index is 1.52. The molecule has 0 radical (unpaired) electrons. The lowest BCUT2D eigenvalue weighted by Gasteiger charge is -2.30. The Labute approximate surface area is 172 Å². The third kappa shape index (κ3) is 4.49. The van der Waals surface area contributed by atoms with E-state index in [4.69, 9.17) is 4.74 Å². The molecule has 0 saturated carbocycles. The van der Waals surface area contributed by atoms with Crippen molar-refractivity contribution < 1.29 is 27.1 Å². The Kier molecular flexibility index (Phi) is 5.79. The Morgan fingerprint density at radius 2 is 1.80 bits per heavy atom. The van der Waals surface area contributed by atoms with Gasteiger partial charge in [-0.25, -0.2) is 4.39 Å². The van der Waals surface area contributed by atoms with Crippen LogP contribution < -0.4 is 0 Å². The van der Waals surface area contributed by atoms with Crippen LogP contribution in [0.1, 0.15) is 23.1 Å². The van der Waals surface area contributed by atoms with Crippen molar-refractivity contribution in [1.29, 1.82) is 0 Å². The average molecular weight is 422 g/mol. The van der Waals surface area contributed by atoms with Crippen molar-refractivity contribution in [2.75, 3.05) is 19.7 Å². The average Bonchev–Trinajstić information content (AvgIpc) is 3.03. The summed E-state index contributed by atoms with van der Waals surface area (Å²) in [6.45, 7) is 1.62. The number of alkyl halides is 3. The molecule has 0 aliphatic carbocycles. The standard InChI is InChI=1S/C22H22F4N2O2/c23-18-7-6-17(22(24,25)26)10-16(18)12-27-13-19-20(14-27)30-9-8-21(29)28(19)11-15-4-2-1-3-5-15/h1-7,10,19-20H,8-9,11-14H2/t19-,20-/m0/s1. The van der Waals surface area contributed by atoms with E-state index in [1.54, 1.807) is 4.90 Å².